The van der Waals surface area contributed by atoms with Crippen molar-refractivity contribution in [3.05, 3.63) is 29.8 Å². The zero-order chi connectivity index (χ0) is 10.9. The summed E-state index contributed by atoms with van der Waals surface area (Å²) >= 11 is 0. The molecule has 0 aromatic heterocycles. The van der Waals surface area contributed by atoms with E-state index in [9.17, 15) is 0 Å². The van der Waals surface area contributed by atoms with Gasteiger partial charge in [0.15, 0.2) is 0 Å². The fraction of sp³-hybridized carbons (Fsp3) is 0.538. The van der Waals surface area contributed by atoms with E-state index < -0.39 is 0 Å². The van der Waals surface area contributed by atoms with Gasteiger partial charge in [-0.1, -0.05) is 25.5 Å². The van der Waals surface area contributed by atoms with Crippen LogP contribution in [0.15, 0.2) is 24.3 Å². The molecule has 1 N–H and O–H groups in total. The van der Waals surface area contributed by atoms with Crippen molar-refractivity contribution in [3.63, 3.8) is 0 Å². The van der Waals surface area contributed by atoms with Crippen LogP contribution >= 0.6 is 0 Å². The van der Waals surface area contributed by atoms with Gasteiger partial charge in [0, 0.05) is 19.3 Å². The van der Waals surface area contributed by atoms with Gasteiger partial charge < -0.3 is 10.1 Å². The van der Waals surface area contributed by atoms with Gasteiger partial charge in [-0.05, 0) is 30.5 Å². The smallest absolute Gasteiger partial charge is 0.0635 e. The van der Waals surface area contributed by atoms with Crippen LogP contribution in [0.25, 0.3) is 0 Å². The lowest BCUT2D eigenvalue weighted by Gasteiger charge is -2.07. The Bertz CT molecular complexity index is 273. The minimum Gasteiger partial charge on any atom is -0.383 e. The van der Waals surface area contributed by atoms with Crippen molar-refractivity contribution in [1.29, 1.82) is 0 Å². The maximum absolute atomic E-state index is 5.00. The maximum Gasteiger partial charge on any atom is 0.0635 e. The van der Waals surface area contributed by atoms with Gasteiger partial charge in [0.05, 0.1) is 6.61 Å². The molecule has 1 aromatic carbocycles. The lowest BCUT2D eigenvalue weighted by atomic mass is 10.1. The highest BCUT2D eigenvalue weighted by Crippen LogP contribution is 2.12. The molecule has 0 bridgehead atoms. The molecule has 2 nitrogen and oxygen atoms in total. The zero-order valence-corrected chi connectivity index (χ0v) is 9.75. The Kier molecular flexibility index (Phi) is 5.86. The Balaban J connectivity index is 2.42. The van der Waals surface area contributed by atoms with E-state index in [-0.39, 0.29) is 0 Å². The molecule has 84 valence electrons. The van der Waals surface area contributed by atoms with Crippen LogP contribution in [-0.2, 0) is 11.2 Å². The molecule has 0 unspecified atom stereocenters. The highest BCUT2D eigenvalue weighted by atomic mass is 16.5. The van der Waals surface area contributed by atoms with Crippen LogP contribution in [0.2, 0.25) is 0 Å². The van der Waals surface area contributed by atoms with Gasteiger partial charge >= 0.3 is 0 Å². The highest BCUT2D eigenvalue weighted by Gasteiger charge is 1.95. The number of nitrogens with one attached hydrogen (secondary N) is 1. The lowest BCUT2D eigenvalue weighted by Crippen LogP contribution is -2.07. The average molecular weight is 207 g/mol. The zero-order valence-electron chi connectivity index (χ0n) is 9.75. The molecule has 0 aliphatic carbocycles. The van der Waals surface area contributed by atoms with Gasteiger partial charge in [-0.3, -0.25) is 0 Å². The number of unbranched alkanes of at least 4 members (excludes halogenated alkanes) is 1. The van der Waals surface area contributed by atoms with E-state index in [1.165, 1.54) is 30.5 Å². The third kappa shape index (κ3) is 4.84. The Labute approximate surface area is 92.6 Å². The topological polar surface area (TPSA) is 21.3 Å². The first-order valence-corrected chi connectivity index (χ1v) is 5.68. The van der Waals surface area contributed by atoms with Crippen LogP contribution in [0.4, 0.5) is 5.69 Å². The molecule has 2 heteroatoms. The SMILES string of the molecule is CCCCc1cccc(NCCOC)c1. The van der Waals surface area contributed by atoms with E-state index in [1.54, 1.807) is 7.11 Å². The number of anilines is 1. The minimum absolute atomic E-state index is 0.749. The van der Waals surface area contributed by atoms with Crippen molar-refractivity contribution in [2.75, 3.05) is 25.6 Å². The fourth-order valence-corrected chi connectivity index (χ4v) is 1.52. The van der Waals surface area contributed by atoms with Crippen molar-refractivity contribution in [1.82, 2.24) is 0 Å². The largest absolute Gasteiger partial charge is 0.383 e. The number of aryl methyl sites for hydroxylation is 1. The van der Waals surface area contributed by atoms with Crippen LogP contribution in [0, 0.1) is 0 Å². The molecule has 0 fully saturated rings. The molecule has 0 saturated carbocycles. The summed E-state index contributed by atoms with van der Waals surface area (Å²) in [5, 5.41) is 3.34. The first kappa shape index (κ1) is 12.1. The van der Waals surface area contributed by atoms with Crippen molar-refractivity contribution >= 4 is 5.69 Å². The van der Waals surface area contributed by atoms with Gasteiger partial charge in [0.1, 0.15) is 0 Å². The van der Waals surface area contributed by atoms with Gasteiger partial charge in [-0.25, -0.2) is 0 Å². The van der Waals surface area contributed by atoms with E-state index in [0.29, 0.717) is 0 Å². The molecular weight excluding hydrogens is 186 g/mol. The van der Waals surface area contributed by atoms with Gasteiger partial charge in [0.25, 0.3) is 0 Å². The van der Waals surface area contributed by atoms with Gasteiger partial charge in [0.2, 0.25) is 0 Å². The predicted molar refractivity (Wildman–Crippen MR) is 65.4 cm³/mol. The van der Waals surface area contributed by atoms with Crippen LogP contribution in [0.3, 0.4) is 0 Å². The monoisotopic (exact) mass is 207 g/mol. The van der Waals surface area contributed by atoms with E-state index in [0.717, 1.165) is 13.2 Å². The molecule has 0 aliphatic heterocycles. The van der Waals surface area contributed by atoms with E-state index in [1.807, 2.05) is 0 Å². The third-order valence-electron chi connectivity index (χ3n) is 2.38. The number of benzene rings is 1. The normalized spacial score (nSPS) is 10.3. The summed E-state index contributed by atoms with van der Waals surface area (Å²) in [5.74, 6) is 0. The van der Waals surface area contributed by atoms with E-state index in [4.69, 9.17) is 4.74 Å². The summed E-state index contributed by atoms with van der Waals surface area (Å²) in [7, 11) is 1.72. The second-order valence-electron chi connectivity index (χ2n) is 3.72. The highest BCUT2D eigenvalue weighted by molar-refractivity contribution is 5.45. The molecule has 0 amide bonds. The Morgan fingerprint density at radius 2 is 2.20 bits per heavy atom. The van der Waals surface area contributed by atoms with E-state index in [2.05, 4.69) is 36.5 Å². The maximum atomic E-state index is 5.00. The molecule has 0 atom stereocenters. The first-order chi connectivity index (χ1) is 7.36. The summed E-state index contributed by atoms with van der Waals surface area (Å²) in [6, 6.07) is 8.63. The molecule has 0 heterocycles. The van der Waals surface area contributed by atoms with Gasteiger partial charge in [-0.2, -0.15) is 0 Å². The summed E-state index contributed by atoms with van der Waals surface area (Å²) < 4.78 is 5.00. The summed E-state index contributed by atoms with van der Waals surface area (Å²) in [6.07, 6.45) is 3.69. The number of ether oxygens (including phenoxy) is 1. The molecule has 0 spiro atoms. The molecule has 0 aliphatic rings. The number of methoxy groups -OCH3 is 1. The molecule has 1 rings (SSSR count). The third-order valence-corrected chi connectivity index (χ3v) is 2.38. The Morgan fingerprint density at radius 1 is 1.33 bits per heavy atom. The summed E-state index contributed by atoms with van der Waals surface area (Å²) in [6.45, 7) is 3.84. The second-order valence-corrected chi connectivity index (χ2v) is 3.72. The van der Waals surface area contributed by atoms with Crippen molar-refractivity contribution in [3.8, 4) is 0 Å². The first-order valence-electron chi connectivity index (χ1n) is 5.68. The minimum atomic E-state index is 0.749. The lowest BCUT2D eigenvalue weighted by molar-refractivity contribution is 0.211. The second kappa shape index (κ2) is 7.30. The van der Waals surface area contributed by atoms with Crippen LogP contribution in [0.1, 0.15) is 25.3 Å². The van der Waals surface area contributed by atoms with Crippen molar-refractivity contribution < 1.29 is 4.74 Å². The van der Waals surface area contributed by atoms with Crippen molar-refractivity contribution in [2.24, 2.45) is 0 Å². The number of hydrogen-bond donors (Lipinski definition) is 1. The molecule has 0 radical (unpaired) electrons. The molecule has 15 heavy (non-hydrogen) atoms. The molecule has 1 aromatic rings. The fourth-order valence-electron chi connectivity index (χ4n) is 1.52. The molecular formula is C13H21NO. The van der Waals surface area contributed by atoms with Crippen molar-refractivity contribution in [2.45, 2.75) is 26.2 Å². The van der Waals surface area contributed by atoms with Gasteiger partial charge in [-0.15, -0.1) is 0 Å². The van der Waals surface area contributed by atoms with Crippen LogP contribution in [0.5, 0.6) is 0 Å². The number of hydrogen-bond acceptors (Lipinski definition) is 2. The summed E-state index contributed by atoms with van der Waals surface area (Å²) in [4.78, 5) is 0. The van der Waals surface area contributed by atoms with Crippen LogP contribution < -0.4 is 5.32 Å². The predicted octanol–water partition coefficient (Wildman–Crippen LogP) is 3.09. The Hall–Kier alpha value is -1.02. The van der Waals surface area contributed by atoms with Crippen LogP contribution in [-0.4, -0.2) is 20.3 Å². The standard InChI is InChI=1S/C13H21NO/c1-3-4-6-12-7-5-8-13(11-12)14-9-10-15-2/h5,7-8,11,14H,3-4,6,9-10H2,1-2H3. The van der Waals surface area contributed by atoms with E-state index >= 15 is 0 Å². The molecule has 0 saturated heterocycles. The average Bonchev–Trinajstić information content (AvgIpc) is 2.27. The quantitative estimate of drug-likeness (QED) is 0.694. The number of rotatable bonds is 7. The Morgan fingerprint density at radius 3 is 2.93 bits per heavy atom. The summed E-state index contributed by atoms with van der Waals surface area (Å²) in [5.41, 5.74) is 2.61.